The number of hydrogen-bond acceptors (Lipinski definition) is 4. The molecule has 24 heavy (non-hydrogen) atoms. The largest absolute Gasteiger partial charge is 0.480 e. The van der Waals surface area contributed by atoms with Crippen LogP contribution in [0.15, 0.2) is 24.4 Å². The Morgan fingerprint density at radius 1 is 1.38 bits per heavy atom. The third kappa shape index (κ3) is 4.26. The number of amides is 1. The van der Waals surface area contributed by atoms with Crippen LogP contribution < -0.4 is 5.32 Å². The molecule has 2 aromatic rings. The van der Waals surface area contributed by atoms with Gasteiger partial charge in [0, 0.05) is 23.5 Å². The van der Waals surface area contributed by atoms with Gasteiger partial charge in [-0.1, -0.05) is 17.7 Å². The number of halogens is 1. The number of benzene rings is 1. The molecule has 0 bridgehead atoms. The number of fused-ring (bicyclic) bond motifs is 1. The Kier molecular flexibility index (Phi) is 5.81. The van der Waals surface area contributed by atoms with Gasteiger partial charge in [-0.3, -0.25) is 9.59 Å². The summed E-state index contributed by atoms with van der Waals surface area (Å²) in [5.74, 6) is -2.60. The first-order chi connectivity index (χ1) is 11.4. The lowest BCUT2D eigenvalue weighted by Crippen LogP contribution is -2.43. The topological polar surface area (TPSA) is 108 Å². The Morgan fingerprint density at radius 2 is 2.12 bits per heavy atom. The van der Waals surface area contributed by atoms with E-state index in [0.717, 1.165) is 5.52 Å². The SMILES string of the molecule is CCOC(=O)CC(=O)NC(Cc1c[nH]c2cccc(Cl)c12)C(=O)O. The van der Waals surface area contributed by atoms with Gasteiger partial charge in [-0.2, -0.15) is 0 Å². The van der Waals surface area contributed by atoms with Crippen molar-refractivity contribution in [2.24, 2.45) is 0 Å². The molecule has 0 fully saturated rings. The smallest absolute Gasteiger partial charge is 0.326 e. The molecule has 1 heterocycles. The number of H-pyrrole nitrogens is 1. The third-order valence-corrected chi connectivity index (χ3v) is 3.72. The zero-order chi connectivity index (χ0) is 17.7. The minimum Gasteiger partial charge on any atom is -0.480 e. The fourth-order valence-electron chi connectivity index (χ4n) is 2.38. The van der Waals surface area contributed by atoms with Gasteiger partial charge >= 0.3 is 11.9 Å². The Balaban J connectivity index is 2.12. The molecule has 128 valence electrons. The van der Waals surface area contributed by atoms with Crippen molar-refractivity contribution < 1.29 is 24.2 Å². The molecule has 2 rings (SSSR count). The first kappa shape index (κ1) is 17.8. The van der Waals surface area contributed by atoms with Gasteiger partial charge in [-0.25, -0.2) is 4.79 Å². The van der Waals surface area contributed by atoms with Crippen LogP contribution in [0.5, 0.6) is 0 Å². The van der Waals surface area contributed by atoms with Crippen LogP contribution >= 0.6 is 11.6 Å². The number of aromatic nitrogens is 1. The van der Waals surface area contributed by atoms with Crippen molar-refractivity contribution in [3.63, 3.8) is 0 Å². The van der Waals surface area contributed by atoms with Crippen molar-refractivity contribution >= 4 is 40.3 Å². The van der Waals surface area contributed by atoms with Gasteiger partial charge in [-0.05, 0) is 24.6 Å². The molecular weight excluding hydrogens is 336 g/mol. The van der Waals surface area contributed by atoms with Gasteiger partial charge in [0.2, 0.25) is 5.91 Å². The van der Waals surface area contributed by atoms with Crippen molar-refractivity contribution in [1.29, 1.82) is 0 Å². The maximum atomic E-state index is 11.8. The Labute approximate surface area is 142 Å². The van der Waals surface area contributed by atoms with Crippen LogP contribution in [-0.4, -0.2) is 40.6 Å². The number of rotatable bonds is 7. The van der Waals surface area contributed by atoms with Gasteiger partial charge in [0.25, 0.3) is 0 Å². The normalized spacial score (nSPS) is 11.9. The molecule has 0 saturated carbocycles. The van der Waals surface area contributed by atoms with Gasteiger partial charge in [0.1, 0.15) is 12.5 Å². The number of ether oxygens (including phenoxy) is 1. The fourth-order valence-corrected chi connectivity index (χ4v) is 2.67. The molecule has 0 spiro atoms. The number of aliphatic carboxylic acids is 1. The molecule has 8 heteroatoms. The second-order valence-corrected chi connectivity index (χ2v) is 5.53. The fraction of sp³-hybridized carbons (Fsp3) is 0.312. The third-order valence-electron chi connectivity index (χ3n) is 3.40. The average Bonchev–Trinajstić information content (AvgIpc) is 2.91. The van der Waals surface area contributed by atoms with E-state index < -0.39 is 30.3 Å². The van der Waals surface area contributed by atoms with E-state index in [1.807, 2.05) is 6.07 Å². The van der Waals surface area contributed by atoms with E-state index in [2.05, 4.69) is 15.0 Å². The van der Waals surface area contributed by atoms with Crippen LogP contribution in [0.4, 0.5) is 0 Å². The highest BCUT2D eigenvalue weighted by Gasteiger charge is 2.23. The average molecular weight is 353 g/mol. The maximum absolute atomic E-state index is 11.8. The molecule has 1 aromatic heterocycles. The number of hydrogen-bond donors (Lipinski definition) is 3. The number of aromatic amines is 1. The number of carbonyl (C=O) groups is 3. The summed E-state index contributed by atoms with van der Waals surface area (Å²) in [5.41, 5.74) is 1.44. The Bertz CT molecular complexity index is 771. The quantitative estimate of drug-likeness (QED) is 0.521. The van der Waals surface area contributed by atoms with Crippen molar-refractivity contribution in [3.05, 3.63) is 35.0 Å². The van der Waals surface area contributed by atoms with Crippen molar-refractivity contribution in [3.8, 4) is 0 Å². The lowest BCUT2D eigenvalue weighted by molar-refractivity contribution is -0.148. The van der Waals surface area contributed by atoms with Crippen LogP contribution in [0.1, 0.15) is 18.9 Å². The molecule has 1 unspecified atom stereocenters. The van der Waals surface area contributed by atoms with Crippen LogP contribution in [0.25, 0.3) is 10.9 Å². The van der Waals surface area contributed by atoms with E-state index in [9.17, 15) is 19.5 Å². The van der Waals surface area contributed by atoms with E-state index in [1.165, 1.54) is 0 Å². The first-order valence-corrected chi connectivity index (χ1v) is 7.72. The summed E-state index contributed by atoms with van der Waals surface area (Å²) in [4.78, 5) is 37.5. The van der Waals surface area contributed by atoms with Crippen LogP contribution in [0, 0.1) is 0 Å². The highest BCUT2D eigenvalue weighted by atomic mass is 35.5. The lowest BCUT2D eigenvalue weighted by Gasteiger charge is -2.14. The van der Waals surface area contributed by atoms with Gasteiger partial charge in [-0.15, -0.1) is 0 Å². The lowest BCUT2D eigenvalue weighted by atomic mass is 10.0. The van der Waals surface area contributed by atoms with E-state index in [0.29, 0.717) is 16.0 Å². The van der Waals surface area contributed by atoms with Crippen molar-refractivity contribution in [1.82, 2.24) is 10.3 Å². The maximum Gasteiger partial charge on any atom is 0.326 e. The molecule has 3 N–H and O–H groups in total. The standard InChI is InChI=1S/C16H17ClN2O5/c1-2-24-14(21)7-13(20)19-12(16(22)23)6-9-8-18-11-5-3-4-10(17)15(9)11/h3-5,8,12,18H,2,6-7H2,1H3,(H,19,20)(H,22,23). The van der Waals surface area contributed by atoms with Gasteiger partial charge in [0.15, 0.2) is 0 Å². The molecule has 7 nitrogen and oxygen atoms in total. The molecule has 1 aromatic carbocycles. The van der Waals surface area contributed by atoms with E-state index in [1.54, 1.807) is 25.3 Å². The van der Waals surface area contributed by atoms with Gasteiger partial charge in [0.05, 0.1) is 11.6 Å². The van der Waals surface area contributed by atoms with E-state index >= 15 is 0 Å². The Morgan fingerprint density at radius 3 is 2.79 bits per heavy atom. The van der Waals surface area contributed by atoms with E-state index in [4.69, 9.17) is 11.6 Å². The highest BCUT2D eigenvalue weighted by molar-refractivity contribution is 6.35. The summed E-state index contributed by atoms with van der Waals surface area (Å²) in [5, 5.41) is 12.9. The molecule has 0 saturated heterocycles. The predicted molar refractivity (Wildman–Crippen MR) is 87.8 cm³/mol. The van der Waals surface area contributed by atoms with Gasteiger partial charge < -0.3 is 20.1 Å². The van der Waals surface area contributed by atoms with Crippen LogP contribution in [-0.2, 0) is 25.5 Å². The first-order valence-electron chi connectivity index (χ1n) is 7.34. The summed E-state index contributed by atoms with van der Waals surface area (Å²) in [7, 11) is 0. The summed E-state index contributed by atoms with van der Waals surface area (Å²) < 4.78 is 4.66. The molecular formula is C16H17ClN2O5. The molecule has 1 amide bonds. The number of esters is 1. The minimum absolute atomic E-state index is 0.0353. The molecule has 0 aliphatic heterocycles. The van der Waals surface area contributed by atoms with Crippen LogP contribution in [0.2, 0.25) is 5.02 Å². The minimum atomic E-state index is -1.20. The number of carboxylic acid groups (broad SMARTS) is 1. The molecule has 0 radical (unpaired) electrons. The monoisotopic (exact) mass is 352 g/mol. The summed E-state index contributed by atoms with van der Waals surface area (Å²) in [6, 6.07) is 4.12. The van der Waals surface area contributed by atoms with Crippen molar-refractivity contribution in [2.75, 3.05) is 6.61 Å². The second-order valence-electron chi connectivity index (χ2n) is 5.12. The summed E-state index contributed by atoms with van der Waals surface area (Å²) >= 11 is 6.16. The van der Waals surface area contributed by atoms with E-state index in [-0.39, 0.29) is 13.0 Å². The van der Waals surface area contributed by atoms with Crippen molar-refractivity contribution in [2.45, 2.75) is 25.8 Å². The zero-order valence-electron chi connectivity index (χ0n) is 13.0. The number of nitrogens with one attached hydrogen (secondary N) is 2. The number of carboxylic acids is 1. The summed E-state index contributed by atoms with van der Waals surface area (Å²) in [6.07, 6.45) is 1.17. The second kappa shape index (κ2) is 7.83. The Hall–Kier alpha value is -2.54. The molecule has 0 aliphatic rings. The zero-order valence-corrected chi connectivity index (χ0v) is 13.7. The predicted octanol–water partition coefficient (Wildman–Crippen LogP) is 1.89. The highest BCUT2D eigenvalue weighted by Crippen LogP contribution is 2.27. The van der Waals surface area contributed by atoms with Crippen LogP contribution in [0.3, 0.4) is 0 Å². The molecule has 1 atom stereocenters. The molecule has 0 aliphatic carbocycles. The summed E-state index contributed by atoms with van der Waals surface area (Å²) in [6.45, 7) is 1.78. The number of carbonyl (C=O) groups excluding carboxylic acids is 2.